The number of alkyl halides is 1. The highest BCUT2D eigenvalue weighted by Gasteiger charge is 2.08. The van der Waals surface area contributed by atoms with E-state index < -0.39 is 5.97 Å². The summed E-state index contributed by atoms with van der Waals surface area (Å²) in [6.07, 6.45) is 0. The van der Waals surface area contributed by atoms with E-state index in [-0.39, 0.29) is 12.5 Å². The van der Waals surface area contributed by atoms with Crippen molar-refractivity contribution in [2.75, 3.05) is 12.5 Å². The SMILES string of the molecule is O=C(OCCCl)c1ccc(Cl)c(Cl)c1. The Morgan fingerprint density at radius 1 is 1.29 bits per heavy atom. The zero-order chi connectivity index (χ0) is 10.6. The molecule has 0 amide bonds. The van der Waals surface area contributed by atoms with Gasteiger partial charge in [0.15, 0.2) is 0 Å². The van der Waals surface area contributed by atoms with Crippen molar-refractivity contribution in [2.45, 2.75) is 0 Å². The van der Waals surface area contributed by atoms with Gasteiger partial charge in [0.1, 0.15) is 6.61 Å². The lowest BCUT2D eigenvalue weighted by Gasteiger charge is -2.03. The molecule has 0 N–H and O–H groups in total. The molecule has 0 fully saturated rings. The van der Waals surface area contributed by atoms with Crippen molar-refractivity contribution in [1.29, 1.82) is 0 Å². The van der Waals surface area contributed by atoms with Gasteiger partial charge in [0, 0.05) is 0 Å². The fourth-order valence-electron chi connectivity index (χ4n) is 0.838. The maximum absolute atomic E-state index is 11.3. The van der Waals surface area contributed by atoms with Crippen LogP contribution in [0.1, 0.15) is 10.4 Å². The van der Waals surface area contributed by atoms with Crippen molar-refractivity contribution < 1.29 is 9.53 Å². The van der Waals surface area contributed by atoms with Gasteiger partial charge in [-0.1, -0.05) is 23.2 Å². The van der Waals surface area contributed by atoms with Gasteiger partial charge in [-0.3, -0.25) is 0 Å². The van der Waals surface area contributed by atoms with Crippen LogP contribution in [0.2, 0.25) is 10.0 Å². The van der Waals surface area contributed by atoms with E-state index in [2.05, 4.69) is 0 Å². The minimum Gasteiger partial charge on any atom is -0.461 e. The Morgan fingerprint density at radius 2 is 2.00 bits per heavy atom. The lowest BCUT2D eigenvalue weighted by molar-refractivity contribution is 0.0529. The van der Waals surface area contributed by atoms with Gasteiger partial charge in [0.05, 0.1) is 21.5 Å². The van der Waals surface area contributed by atoms with Gasteiger partial charge >= 0.3 is 5.97 Å². The van der Waals surface area contributed by atoms with E-state index in [1.807, 2.05) is 0 Å². The molecule has 0 atom stereocenters. The maximum atomic E-state index is 11.3. The van der Waals surface area contributed by atoms with E-state index in [1.54, 1.807) is 12.1 Å². The minimum atomic E-state index is -0.454. The number of carbonyl (C=O) groups is 1. The van der Waals surface area contributed by atoms with E-state index in [0.717, 1.165) is 0 Å². The fraction of sp³-hybridized carbons (Fsp3) is 0.222. The van der Waals surface area contributed by atoms with E-state index in [0.29, 0.717) is 15.6 Å². The summed E-state index contributed by atoms with van der Waals surface area (Å²) in [6, 6.07) is 4.55. The number of benzene rings is 1. The number of carbonyl (C=O) groups excluding carboxylic acids is 1. The van der Waals surface area contributed by atoms with Crippen LogP contribution in [0.25, 0.3) is 0 Å². The molecule has 14 heavy (non-hydrogen) atoms. The third-order valence-corrected chi connectivity index (χ3v) is 2.36. The lowest BCUT2D eigenvalue weighted by atomic mass is 10.2. The minimum absolute atomic E-state index is 0.181. The number of hydrogen-bond donors (Lipinski definition) is 0. The monoisotopic (exact) mass is 252 g/mol. The van der Waals surface area contributed by atoms with Crippen LogP contribution in [0.3, 0.4) is 0 Å². The predicted octanol–water partition coefficient (Wildman–Crippen LogP) is 3.39. The summed E-state index contributed by atoms with van der Waals surface area (Å²) < 4.78 is 4.80. The summed E-state index contributed by atoms with van der Waals surface area (Å²) in [4.78, 5) is 11.3. The van der Waals surface area contributed by atoms with Gasteiger partial charge in [0.2, 0.25) is 0 Å². The average molecular weight is 254 g/mol. The van der Waals surface area contributed by atoms with E-state index in [1.165, 1.54) is 6.07 Å². The first-order valence-electron chi connectivity index (χ1n) is 3.83. The first-order chi connectivity index (χ1) is 6.65. The fourth-order valence-corrected chi connectivity index (χ4v) is 1.21. The molecule has 1 aromatic carbocycles. The van der Waals surface area contributed by atoms with Gasteiger partial charge in [-0.25, -0.2) is 4.79 Å². The van der Waals surface area contributed by atoms with E-state index in [9.17, 15) is 4.79 Å². The van der Waals surface area contributed by atoms with Gasteiger partial charge < -0.3 is 4.74 Å². The first kappa shape index (κ1) is 11.6. The van der Waals surface area contributed by atoms with E-state index in [4.69, 9.17) is 39.5 Å². The number of halogens is 3. The van der Waals surface area contributed by atoms with Crippen LogP contribution in [-0.2, 0) is 4.74 Å². The van der Waals surface area contributed by atoms with Gasteiger partial charge in [-0.2, -0.15) is 0 Å². The van der Waals surface area contributed by atoms with E-state index >= 15 is 0 Å². The highest BCUT2D eigenvalue weighted by atomic mass is 35.5. The number of ether oxygens (including phenoxy) is 1. The second-order valence-corrected chi connectivity index (χ2v) is 3.65. The quantitative estimate of drug-likeness (QED) is 0.610. The third-order valence-electron chi connectivity index (χ3n) is 1.47. The standard InChI is InChI=1S/C9H7Cl3O2/c10-3-4-14-9(13)6-1-2-7(11)8(12)5-6/h1-2,5H,3-4H2. The Kier molecular flexibility index (Phi) is 4.52. The highest BCUT2D eigenvalue weighted by molar-refractivity contribution is 6.42. The summed E-state index contributed by atoms with van der Waals surface area (Å²) in [5.74, 6) is -0.184. The molecule has 1 aromatic rings. The molecule has 0 saturated carbocycles. The van der Waals surface area contributed by atoms with Crippen molar-refractivity contribution in [2.24, 2.45) is 0 Å². The Bertz CT molecular complexity index is 339. The first-order valence-corrected chi connectivity index (χ1v) is 5.12. The smallest absolute Gasteiger partial charge is 0.338 e. The normalized spacial score (nSPS) is 9.93. The third kappa shape index (κ3) is 3.05. The molecule has 0 aliphatic heterocycles. The molecule has 0 aromatic heterocycles. The second-order valence-electron chi connectivity index (χ2n) is 2.45. The second kappa shape index (κ2) is 5.44. The van der Waals surface area contributed by atoms with Crippen molar-refractivity contribution in [1.82, 2.24) is 0 Å². The summed E-state index contributed by atoms with van der Waals surface area (Å²) in [5.41, 5.74) is 0.365. The van der Waals surface area contributed by atoms with Gasteiger partial charge in [-0.15, -0.1) is 11.6 Å². The maximum Gasteiger partial charge on any atom is 0.338 e. The lowest BCUT2D eigenvalue weighted by Crippen LogP contribution is -2.06. The number of esters is 1. The Balaban J connectivity index is 2.76. The molecule has 2 nitrogen and oxygen atoms in total. The van der Waals surface area contributed by atoms with Crippen molar-refractivity contribution in [3.05, 3.63) is 33.8 Å². The summed E-state index contributed by atoms with van der Waals surface area (Å²) in [6.45, 7) is 0.181. The molecular formula is C9H7Cl3O2. The van der Waals surface area contributed by atoms with Crippen LogP contribution in [0.4, 0.5) is 0 Å². The number of rotatable bonds is 3. The van der Waals surface area contributed by atoms with Crippen LogP contribution in [0.5, 0.6) is 0 Å². The van der Waals surface area contributed by atoms with Crippen molar-refractivity contribution in [3.63, 3.8) is 0 Å². The van der Waals surface area contributed by atoms with Crippen LogP contribution in [0.15, 0.2) is 18.2 Å². The zero-order valence-electron chi connectivity index (χ0n) is 7.10. The topological polar surface area (TPSA) is 26.3 Å². The van der Waals surface area contributed by atoms with Crippen molar-refractivity contribution in [3.8, 4) is 0 Å². The molecule has 76 valence electrons. The molecule has 0 heterocycles. The molecular weight excluding hydrogens is 246 g/mol. The molecule has 1 rings (SSSR count). The average Bonchev–Trinajstić information content (AvgIpc) is 2.18. The molecule has 0 bridgehead atoms. The Morgan fingerprint density at radius 3 is 2.57 bits per heavy atom. The summed E-state index contributed by atoms with van der Waals surface area (Å²) >= 11 is 16.8. The van der Waals surface area contributed by atoms with Crippen LogP contribution in [0, 0.1) is 0 Å². The molecule has 0 unspecified atom stereocenters. The van der Waals surface area contributed by atoms with Crippen LogP contribution >= 0.6 is 34.8 Å². The Hall–Kier alpha value is -0.440. The largest absolute Gasteiger partial charge is 0.461 e. The van der Waals surface area contributed by atoms with Crippen LogP contribution in [-0.4, -0.2) is 18.5 Å². The van der Waals surface area contributed by atoms with Crippen LogP contribution < -0.4 is 0 Å². The highest BCUT2D eigenvalue weighted by Crippen LogP contribution is 2.22. The molecule has 0 aliphatic rings. The van der Waals surface area contributed by atoms with Gasteiger partial charge in [-0.05, 0) is 18.2 Å². The molecule has 0 saturated heterocycles. The molecule has 0 radical (unpaired) electrons. The molecule has 5 heteroatoms. The predicted molar refractivity (Wildman–Crippen MR) is 57.5 cm³/mol. The number of hydrogen-bond acceptors (Lipinski definition) is 2. The molecule has 0 aliphatic carbocycles. The summed E-state index contributed by atoms with van der Waals surface area (Å²) in [7, 11) is 0. The summed E-state index contributed by atoms with van der Waals surface area (Å²) in [5, 5.41) is 0.729. The van der Waals surface area contributed by atoms with Crippen molar-refractivity contribution >= 4 is 40.8 Å². The molecule has 0 spiro atoms. The Labute approximate surface area is 96.7 Å². The zero-order valence-corrected chi connectivity index (χ0v) is 9.36. The van der Waals surface area contributed by atoms with Gasteiger partial charge in [0.25, 0.3) is 0 Å².